The summed E-state index contributed by atoms with van der Waals surface area (Å²) in [4.78, 5) is 37.6. The number of carbonyl (C=O) groups excluding carboxylic acids is 2. The Morgan fingerprint density at radius 3 is 2.84 bits per heavy atom. The molecular formula is C21H30N5O5S+. The van der Waals surface area contributed by atoms with Gasteiger partial charge in [-0.3, -0.25) is 9.59 Å². The number of β-lactam (4-membered cyclic amide) rings is 1. The maximum Gasteiger partial charge on any atom is 0.353 e. The minimum Gasteiger partial charge on any atom is -0.477 e. The van der Waals surface area contributed by atoms with Crippen molar-refractivity contribution in [1.29, 1.82) is 0 Å². The number of carboxylic acid groups (broad SMARTS) is 1. The molecule has 0 spiro atoms. The van der Waals surface area contributed by atoms with Crippen molar-refractivity contribution in [3.8, 4) is 0 Å². The second kappa shape index (κ2) is 8.87. The van der Waals surface area contributed by atoms with Gasteiger partial charge in [-0.1, -0.05) is 6.92 Å². The number of imidazole rings is 1. The lowest BCUT2D eigenvalue weighted by Crippen LogP contribution is -2.63. The molecule has 6 atom stereocenters. The predicted molar refractivity (Wildman–Crippen MR) is 116 cm³/mol. The first-order valence-corrected chi connectivity index (χ1v) is 11.8. The van der Waals surface area contributed by atoms with E-state index in [9.17, 15) is 24.6 Å². The van der Waals surface area contributed by atoms with E-state index in [4.69, 9.17) is 5.73 Å². The van der Waals surface area contributed by atoms with Gasteiger partial charge in [0, 0.05) is 35.1 Å². The molecule has 4 heterocycles. The summed E-state index contributed by atoms with van der Waals surface area (Å²) in [5.41, 5.74) is 5.31. The van der Waals surface area contributed by atoms with E-state index in [-0.39, 0.29) is 41.3 Å². The molecule has 1 aromatic heterocycles. The Kier molecular flexibility index (Phi) is 6.33. The quantitative estimate of drug-likeness (QED) is 0.279. The van der Waals surface area contributed by atoms with E-state index in [0.717, 1.165) is 30.8 Å². The number of amides is 2. The molecule has 0 aliphatic carbocycles. The molecule has 0 unspecified atom stereocenters. The molecule has 0 radical (unpaired) electrons. The minimum atomic E-state index is -1.08. The van der Waals surface area contributed by atoms with Gasteiger partial charge in [-0.2, -0.15) is 0 Å². The van der Waals surface area contributed by atoms with Crippen LogP contribution < -0.4 is 15.6 Å². The molecule has 0 bridgehead atoms. The molecule has 10 nitrogen and oxygen atoms in total. The number of carboxylic acids is 1. The van der Waals surface area contributed by atoms with Gasteiger partial charge in [0.1, 0.15) is 18.1 Å². The van der Waals surface area contributed by atoms with Gasteiger partial charge in [-0.25, -0.2) is 13.9 Å². The summed E-state index contributed by atoms with van der Waals surface area (Å²) >= 11 is 1.56. The van der Waals surface area contributed by atoms with Crippen LogP contribution >= 0.6 is 11.8 Å². The molecule has 4 rings (SSSR count). The number of nitrogens with zero attached hydrogens (tertiary/aromatic N) is 3. The van der Waals surface area contributed by atoms with Gasteiger partial charge in [-0.05, 0) is 13.3 Å². The number of primary amides is 1. The third-order valence-corrected chi connectivity index (χ3v) is 8.12. The SMILES string of the molecule is C[C@@H](O)[C@H]1C(=O)N2C(C(=O)O)=C(S[C@@H]3CN[C@H](CCn4cc[n+](CC(N)=O)c4)C3)[C@H](C)[C@H]12. The highest BCUT2D eigenvalue weighted by Gasteiger charge is 2.60. The number of carbonyl (C=O) groups is 3. The Hall–Kier alpha value is -2.37. The lowest BCUT2D eigenvalue weighted by atomic mass is 9.79. The fraction of sp³-hybridized carbons (Fsp3) is 0.619. The standard InChI is InChI=1S/C21H29N5O5S/c1-11-17-16(12(2)27)20(29)26(17)18(21(30)31)19(11)32-14-7-13(23-8-14)3-4-24-5-6-25(10-24)9-15(22)28/h5-6,10-14,16-17,23,27H,3-4,7-9H2,1-2H3,(H2-,22,28,30,31)/p+1/t11-,12-,13-,14+,16-,17-/m1/s1. The molecule has 3 aliphatic heterocycles. The van der Waals surface area contributed by atoms with Crippen LogP contribution in [0.15, 0.2) is 29.3 Å². The minimum absolute atomic E-state index is 0.0872. The summed E-state index contributed by atoms with van der Waals surface area (Å²) in [6, 6.07) is 0.0241. The lowest BCUT2D eigenvalue weighted by Gasteiger charge is -2.46. The summed E-state index contributed by atoms with van der Waals surface area (Å²) in [6.45, 7) is 5.25. The molecular weight excluding hydrogens is 434 g/mol. The molecule has 1 aromatic rings. The average molecular weight is 465 g/mol. The molecule has 0 saturated carbocycles. The Labute approximate surface area is 190 Å². The van der Waals surface area contributed by atoms with Crippen LogP contribution in [0.5, 0.6) is 0 Å². The number of nitrogens with one attached hydrogen (secondary N) is 1. The average Bonchev–Trinajstić information content (AvgIpc) is 3.39. The number of nitrogens with two attached hydrogens (primary N) is 1. The smallest absolute Gasteiger partial charge is 0.353 e. The fourth-order valence-electron chi connectivity index (χ4n) is 5.10. The van der Waals surface area contributed by atoms with E-state index in [1.54, 1.807) is 23.3 Å². The van der Waals surface area contributed by atoms with Gasteiger partial charge in [0.25, 0.3) is 5.91 Å². The van der Waals surface area contributed by atoms with Crippen molar-refractivity contribution >= 4 is 29.5 Å². The van der Waals surface area contributed by atoms with Gasteiger partial charge in [0.05, 0.1) is 24.6 Å². The van der Waals surface area contributed by atoms with E-state index in [0.29, 0.717) is 6.04 Å². The first-order valence-electron chi connectivity index (χ1n) is 10.9. The number of hydrogen-bond donors (Lipinski definition) is 4. The zero-order valence-corrected chi connectivity index (χ0v) is 19.0. The predicted octanol–water partition coefficient (Wildman–Crippen LogP) is -0.732. The van der Waals surface area contributed by atoms with Gasteiger partial charge < -0.3 is 26.2 Å². The second-order valence-corrected chi connectivity index (χ2v) is 10.3. The number of thioether (sulfide) groups is 1. The van der Waals surface area contributed by atoms with Gasteiger partial charge in [0.15, 0.2) is 6.54 Å². The van der Waals surface area contributed by atoms with E-state index >= 15 is 0 Å². The van der Waals surface area contributed by atoms with Crippen molar-refractivity contribution in [2.75, 3.05) is 6.54 Å². The summed E-state index contributed by atoms with van der Waals surface area (Å²) in [5, 5.41) is 23.5. The Balaban J connectivity index is 1.36. The van der Waals surface area contributed by atoms with E-state index in [1.807, 2.05) is 30.2 Å². The van der Waals surface area contributed by atoms with Crippen molar-refractivity contribution < 1.29 is 29.2 Å². The highest BCUT2D eigenvalue weighted by atomic mass is 32.2. The second-order valence-electron chi connectivity index (χ2n) is 8.93. The van der Waals surface area contributed by atoms with Crippen LogP contribution in [-0.4, -0.2) is 67.4 Å². The molecule has 11 heteroatoms. The maximum atomic E-state index is 12.5. The van der Waals surface area contributed by atoms with Gasteiger partial charge in [-0.15, -0.1) is 11.8 Å². The topological polar surface area (TPSA) is 142 Å². The molecule has 0 aromatic carbocycles. The number of aryl methyl sites for hydroxylation is 1. The highest BCUT2D eigenvalue weighted by molar-refractivity contribution is 8.03. The highest BCUT2D eigenvalue weighted by Crippen LogP contribution is 2.51. The number of fused-ring (bicyclic) bond motifs is 1. The zero-order valence-electron chi connectivity index (χ0n) is 18.2. The Morgan fingerprint density at radius 2 is 2.19 bits per heavy atom. The van der Waals surface area contributed by atoms with Crippen LogP contribution in [0.3, 0.4) is 0 Å². The van der Waals surface area contributed by atoms with E-state index in [1.165, 1.54) is 4.90 Å². The molecule has 174 valence electrons. The van der Waals surface area contributed by atoms with E-state index in [2.05, 4.69) is 5.32 Å². The first kappa shape index (κ1) is 22.8. The zero-order chi connectivity index (χ0) is 23.2. The third kappa shape index (κ3) is 4.16. The summed E-state index contributed by atoms with van der Waals surface area (Å²) < 4.78 is 3.76. The Morgan fingerprint density at radius 1 is 1.44 bits per heavy atom. The van der Waals surface area contributed by atoms with Crippen LogP contribution in [0.2, 0.25) is 0 Å². The van der Waals surface area contributed by atoms with E-state index < -0.39 is 18.0 Å². The molecule has 5 N–H and O–H groups in total. The number of hydrogen-bond acceptors (Lipinski definition) is 6. The largest absolute Gasteiger partial charge is 0.477 e. The molecule has 2 amide bonds. The Bertz CT molecular complexity index is 960. The van der Waals surface area contributed by atoms with Crippen LogP contribution in [0.4, 0.5) is 0 Å². The van der Waals surface area contributed by atoms with Gasteiger partial charge in [0.2, 0.25) is 12.2 Å². The molecule has 2 saturated heterocycles. The number of aliphatic hydroxyl groups excluding tert-OH is 1. The van der Waals surface area contributed by atoms with Crippen LogP contribution in [0.1, 0.15) is 26.7 Å². The van der Waals surface area contributed by atoms with Crippen molar-refractivity contribution in [2.45, 2.75) is 63.2 Å². The molecule has 32 heavy (non-hydrogen) atoms. The normalized spacial score (nSPS) is 30.4. The fourth-order valence-corrected chi connectivity index (χ4v) is 6.62. The number of aliphatic carboxylic acids is 1. The van der Waals surface area contributed by atoms with Crippen LogP contribution in [-0.2, 0) is 27.5 Å². The molecule has 2 fully saturated rings. The van der Waals surface area contributed by atoms with Crippen molar-refractivity contribution in [2.24, 2.45) is 17.6 Å². The number of aromatic nitrogens is 2. The van der Waals surface area contributed by atoms with Crippen molar-refractivity contribution in [1.82, 2.24) is 14.8 Å². The summed E-state index contributed by atoms with van der Waals surface area (Å²) in [6.07, 6.45) is 6.59. The van der Waals surface area contributed by atoms with Crippen LogP contribution in [0, 0.1) is 11.8 Å². The monoisotopic (exact) mass is 464 g/mol. The summed E-state index contributed by atoms with van der Waals surface area (Å²) in [7, 11) is 0. The number of aliphatic hydroxyl groups is 1. The van der Waals surface area contributed by atoms with Crippen molar-refractivity contribution in [3.63, 3.8) is 0 Å². The first-order chi connectivity index (χ1) is 15.2. The van der Waals surface area contributed by atoms with Crippen LogP contribution in [0.25, 0.3) is 0 Å². The number of rotatable bonds is 9. The maximum absolute atomic E-state index is 12.5. The third-order valence-electron chi connectivity index (χ3n) is 6.61. The van der Waals surface area contributed by atoms with Gasteiger partial charge >= 0.3 is 5.97 Å². The molecule has 3 aliphatic rings. The summed E-state index contributed by atoms with van der Waals surface area (Å²) in [5.74, 6) is -2.41. The lowest BCUT2D eigenvalue weighted by molar-refractivity contribution is -0.683. The van der Waals surface area contributed by atoms with Crippen molar-refractivity contribution in [3.05, 3.63) is 29.3 Å².